The molecule has 1 aromatic carbocycles. The molecule has 0 aliphatic rings. The number of hydrogen-bond donors (Lipinski definition) is 2. The van der Waals surface area contributed by atoms with Crippen molar-refractivity contribution >= 4 is 17.6 Å². The number of aromatic carboxylic acids is 1. The molecule has 1 aromatic rings. The molecule has 0 spiro atoms. The highest BCUT2D eigenvalue weighted by Crippen LogP contribution is 2.14. The molecule has 0 unspecified atom stereocenters. The summed E-state index contributed by atoms with van der Waals surface area (Å²) in [5.41, 5.74) is 5.52. The van der Waals surface area contributed by atoms with Crippen molar-refractivity contribution in [3.8, 4) is 0 Å². The van der Waals surface area contributed by atoms with Gasteiger partial charge in [0.15, 0.2) is 0 Å². The SMILES string of the molecule is COC(=O)c1ccc(N)cc1C(=O)O. The molecule has 1 rings (SSSR count). The molecule has 0 aliphatic heterocycles. The molecule has 0 heterocycles. The largest absolute Gasteiger partial charge is 0.478 e. The van der Waals surface area contributed by atoms with E-state index in [-0.39, 0.29) is 16.8 Å². The lowest BCUT2D eigenvalue weighted by Gasteiger charge is -2.04. The number of ether oxygens (including phenoxy) is 1. The van der Waals surface area contributed by atoms with E-state index in [0.717, 1.165) is 0 Å². The normalized spacial score (nSPS) is 9.50. The van der Waals surface area contributed by atoms with E-state index in [1.54, 1.807) is 0 Å². The van der Waals surface area contributed by atoms with Crippen LogP contribution in [0.5, 0.6) is 0 Å². The molecule has 0 saturated heterocycles. The molecule has 0 radical (unpaired) electrons. The maximum atomic E-state index is 11.1. The van der Waals surface area contributed by atoms with E-state index in [4.69, 9.17) is 10.8 Å². The van der Waals surface area contributed by atoms with Crippen molar-refractivity contribution in [2.24, 2.45) is 0 Å². The van der Waals surface area contributed by atoms with Crippen molar-refractivity contribution in [2.75, 3.05) is 12.8 Å². The van der Waals surface area contributed by atoms with Crippen LogP contribution in [0.2, 0.25) is 0 Å². The summed E-state index contributed by atoms with van der Waals surface area (Å²) < 4.78 is 4.42. The molecule has 0 saturated carbocycles. The second-order valence-corrected chi connectivity index (χ2v) is 2.60. The Morgan fingerprint density at radius 3 is 2.50 bits per heavy atom. The summed E-state index contributed by atoms with van der Waals surface area (Å²) in [6.07, 6.45) is 0. The molecule has 0 atom stereocenters. The van der Waals surface area contributed by atoms with Crippen LogP contribution in [0.1, 0.15) is 20.7 Å². The smallest absolute Gasteiger partial charge is 0.338 e. The Labute approximate surface area is 80.1 Å². The molecular weight excluding hydrogens is 186 g/mol. The fourth-order valence-corrected chi connectivity index (χ4v) is 1.03. The van der Waals surface area contributed by atoms with E-state index in [9.17, 15) is 9.59 Å². The van der Waals surface area contributed by atoms with E-state index in [1.807, 2.05) is 0 Å². The number of hydrogen-bond acceptors (Lipinski definition) is 4. The van der Waals surface area contributed by atoms with Crippen LogP contribution in [0.3, 0.4) is 0 Å². The predicted molar refractivity (Wildman–Crippen MR) is 49.2 cm³/mol. The van der Waals surface area contributed by atoms with E-state index >= 15 is 0 Å². The summed E-state index contributed by atoms with van der Waals surface area (Å²) in [5.74, 6) is -1.90. The number of carbonyl (C=O) groups is 2. The van der Waals surface area contributed by atoms with Crippen molar-refractivity contribution in [2.45, 2.75) is 0 Å². The molecule has 14 heavy (non-hydrogen) atoms. The van der Waals surface area contributed by atoms with Crippen molar-refractivity contribution in [3.05, 3.63) is 29.3 Å². The second kappa shape index (κ2) is 3.78. The maximum absolute atomic E-state index is 11.1. The minimum atomic E-state index is -1.21. The van der Waals surface area contributed by atoms with Crippen molar-refractivity contribution < 1.29 is 19.4 Å². The number of carbonyl (C=O) groups excluding carboxylic acids is 1. The molecule has 3 N–H and O–H groups in total. The summed E-state index contributed by atoms with van der Waals surface area (Å²) in [5, 5.41) is 8.77. The highest BCUT2D eigenvalue weighted by molar-refractivity contribution is 6.03. The molecule has 0 aliphatic carbocycles. The van der Waals surface area contributed by atoms with Crippen LogP contribution in [0.15, 0.2) is 18.2 Å². The van der Waals surface area contributed by atoms with Crippen LogP contribution in [0.25, 0.3) is 0 Å². The second-order valence-electron chi connectivity index (χ2n) is 2.60. The topological polar surface area (TPSA) is 89.6 Å². The molecule has 74 valence electrons. The number of carboxylic acids is 1. The summed E-state index contributed by atoms with van der Waals surface area (Å²) in [7, 11) is 1.18. The third kappa shape index (κ3) is 1.82. The molecule has 0 bridgehead atoms. The van der Waals surface area contributed by atoms with Crippen LogP contribution < -0.4 is 5.73 Å². The number of nitrogens with two attached hydrogens (primary N) is 1. The first kappa shape index (κ1) is 10.0. The van der Waals surface area contributed by atoms with Crippen LogP contribution in [-0.4, -0.2) is 24.2 Å². The lowest BCUT2D eigenvalue weighted by Crippen LogP contribution is -2.10. The zero-order chi connectivity index (χ0) is 10.7. The van der Waals surface area contributed by atoms with Crippen molar-refractivity contribution in [1.82, 2.24) is 0 Å². The number of esters is 1. The summed E-state index contributed by atoms with van der Waals surface area (Å²) in [4.78, 5) is 21.9. The van der Waals surface area contributed by atoms with Crippen LogP contribution in [0, 0.1) is 0 Å². The Hall–Kier alpha value is -2.04. The monoisotopic (exact) mass is 195 g/mol. The average molecular weight is 195 g/mol. The minimum Gasteiger partial charge on any atom is -0.478 e. The molecule has 0 amide bonds. The Balaban J connectivity index is 3.28. The van der Waals surface area contributed by atoms with Gasteiger partial charge in [0.1, 0.15) is 0 Å². The van der Waals surface area contributed by atoms with Crippen molar-refractivity contribution in [3.63, 3.8) is 0 Å². The number of carboxylic acid groups (broad SMARTS) is 1. The quantitative estimate of drug-likeness (QED) is 0.537. The van der Waals surface area contributed by atoms with Gasteiger partial charge in [-0.25, -0.2) is 9.59 Å². The third-order valence-electron chi connectivity index (χ3n) is 1.68. The van der Waals surface area contributed by atoms with Crippen LogP contribution in [0.4, 0.5) is 5.69 Å². The molecule has 5 heteroatoms. The van der Waals surface area contributed by atoms with E-state index in [0.29, 0.717) is 0 Å². The summed E-state index contributed by atoms with van der Waals surface area (Å²) >= 11 is 0. The highest BCUT2D eigenvalue weighted by Gasteiger charge is 2.16. The first-order valence-corrected chi connectivity index (χ1v) is 3.77. The fraction of sp³-hybridized carbons (Fsp3) is 0.111. The van der Waals surface area contributed by atoms with Crippen molar-refractivity contribution in [1.29, 1.82) is 0 Å². The van der Waals surface area contributed by atoms with Gasteiger partial charge >= 0.3 is 11.9 Å². The van der Waals surface area contributed by atoms with Gasteiger partial charge in [0.25, 0.3) is 0 Å². The van der Waals surface area contributed by atoms with Gasteiger partial charge in [-0.05, 0) is 18.2 Å². The number of methoxy groups -OCH3 is 1. The lowest BCUT2D eigenvalue weighted by atomic mass is 10.1. The summed E-state index contributed by atoms with van der Waals surface area (Å²) in [6, 6.07) is 3.98. The van der Waals surface area contributed by atoms with Gasteiger partial charge in [0, 0.05) is 5.69 Å². The molecule has 0 aromatic heterocycles. The van der Waals surface area contributed by atoms with Gasteiger partial charge in [0.05, 0.1) is 18.2 Å². The Bertz CT molecular complexity index is 386. The van der Waals surface area contributed by atoms with E-state index < -0.39 is 11.9 Å². The number of benzene rings is 1. The van der Waals surface area contributed by atoms with Crippen LogP contribution >= 0.6 is 0 Å². The first-order valence-electron chi connectivity index (χ1n) is 3.77. The number of anilines is 1. The molecule has 5 nitrogen and oxygen atoms in total. The van der Waals surface area contributed by atoms with Gasteiger partial charge in [0.2, 0.25) is 0 Å². The van der Waals surface area contributed by atoms with E-state index in [2.05, 4.69) is 4.74 Å². The highest BCUT2D eigenvalue weighted by atomic mass is 16.5. The Morgan fingerprint density at radius 2 is 2.00 bits per heavy atom. The third-order valence-corrected chi connectivity index (χ3v) is 1.68. The maximum Gasteiger partial charge on any atom is 0.338 e. The zero-order valence-corrected chi connectivity index (χ0v) is 7.48. The van der Waals surface area contributed by atoms with Gasteiger partial charge in [-0.3, -0.25) is 0 Å². The van der Waals surface area contributed by atoms with Gasteiger partial charge in [-0.2, -0.15) is 0 Å². The first-order chi connectivity index (χ1) is 6.56. The van der Waals surface area contributed by atoms with Crippen LogP contribution in [-0.2, 0) is 4.74 Å². The minimum absolute atomic E-state index is 0.00537. The predicted octanol–water partition coefficient (Wildman–Crippen LogP) is 0.754. The van der Waals surface area contributed by atoms with Gasteiger partial charge < -0.3 is 15.6 Å². The Morgan fingerprint density at radius 1 is 1.36 bits per heavy atom. The Kier molecular flexibility index (Phi) is 2.71. The lowest BCUT2D eigenvalue weighted by molar-refractivity contribution is 0.0583. The van der Waals surface area contributed by atoms with E-state index in [1.165, 1.54) is 25.3 Å². The summed E-state index contributed by atoms with van der Waals surface area (Å²) in [6.45, 7) is 0. The fourth-order valence-electron chi connectivity index (χ4n) is 1.03. The number of nitrogen functional groups attached to an aromatic ring is 1. The standard InChI is InChI=1S/C9H9NO4/c1-14-9(13)6-3-2-5(10)4-7(6)8(11)12/h2-4H,10H2,1H3,(H,11,12). The molecular formula is C9H9NO4. The zero-order valence-electron chi connectivity index (χ0n) is 7.48. The number of rotatable bonds is 2. The van der Waals surface area contributed by atoms with Gasteiger partial charge in [-0.15, -0.1) is 0 Å². The van der Waals surface area contributed by atoms with Gasteiger partial charge in [-0.1, -0.05) is 0 Å². The average Bonchev–Trinajstić information content (AvgIpc) is 2.16. The molecule has 0 fully saturated rings.